The number of carbonyl (C=O) groups is 2. The highest BCUT2D eigenvalue weighted by Gasteiger charge is 2.23. The van der Waals surface area contributed by atoms with Crippen LogP contribution in [-0.2, 0) is 22.5 Å². The summed E-state index contributed by atoms with van der Waals surface area (Å²) in [5.41, 5.74) is 3.52. The number of thiazole rings is 1. The number of carbonyl (C=O) groups excluding carboxylic acids is 2. The van der Waals surface area contributed by atoms with Gasteiger partial charge in [0.2, 0.25) is 5.91 Å². The van der Waals surface area contributed by atoms with E-state index in [2.05, 4.69) is 10.3 Å². The Bertz CT molecular complexity index is 987. The molecule has 1 aliphatic heterocycles. The van der Waals surface area contributed by atoms with E-state index >= 15 is 0 Å². The van der Waals surface area contributed by atoms with E-state index in [4.69, 9.17) is 4.74 Å². The van der Waals surface area contributed by atoms with Gasteiger partial charge in [-0.25, -0.2) is 9.78 Å². The number of ether oxygens (including phenoxy) is 1. The molecule has 2 heterocycles. The number of nitrogens with one attached hydrogen (secondary N) is 1. The normalized spacial score (nSPS) is 13.4. The first kappa shape index (κ1) is 18.2. The molecule has 0 spiro atoms. The molecule has 0 unspecified atom stereocenters. The van der Waals surface area contributed by atoms with Crippen molar-refractivity contribution in [3.8, 4) is 10.6 Å². The molecule has 4 rings (SSSR count). The molecule has 0 bridgehead atoms. The average molecular weight is 393 g/mol. The lowest BCUT2D eigenvalue weighted by Crippen LogP contribution is -2.25. The zero-order valence-corrected chi connectivity index (χ0v) is 15.9. The Labute approximate surface area is 166 Å². The van der Waals surface area contributed by atoms with E-state index in [-0.39, 0.29) is 18.4 Å². The van der Waals surface area contributed by atoms with Gasteiger partial charge in [-0.1, -0.05) is 42.5 Å². The maximum Gasteiger partial charge on any atom is 0.414 e. The van der Waals surface area contributed by atoms with Crippen molar-refractivity contribution in [3.63, 3.8) is 0 Å². The summed E-state index contributed by atoms with van der Waals surface area (Å²) in [6.07, 6.45) is -0.0967. The molecule has 7 heteroatoms. The second kappa shape index (κ2) is 8.22. The van der Waals surface area contributed by atoms with Gasteiger partial charge in [-0.3, -0.25) is 9.69 Å². The van der Waals surface area contributed by atoms with Gasteiger partial charge in [0.15, 0.2) is 0 Å². The van der Waals surface area contributed by atoms with Gasteiger partial charge in [-0.05, 0) is 17.7 Å². The molecular weight excluding hydrogens is 374 g/mol. The van der Waals surface area contributed by atoms with Gasteiger partial charge in [-0.15, -0.1) is 11.3 Å². The summed E-state index contributed by atoms with van der Waals surface area (Å²) in [5.74, 6) is -0.0871. The smallest absolute Gasteiger partial charge is 0.414 e. The van der Waals surface area contributed by atoms with Crippen LogP contribution in [0.3, 0.4) is 0 Å². The number of benzene rings is 2. The van der Waals surface area contributed by atoms with Gasteiger partial charge < -0.3 is 10.1 Å². The van der Waals surface area contributed by atoms with Crippen LogP contribution in [0, 0.1) is 0 Å². The third kappa shape index (κ3) is 4.20. The zero-order chi connectivity index (χ0) is 19.3. The minimum Gasteiger partial charge on any atom is -0.447 e. The number of aromatic nitrogens is 1. The predicted molar refractivity (Wildman–Crippen MR) is 108 cm³/mol. The van der Waals surface area contributed by atoms with Crippen LogP contribution in [0.2, 0.25) is 0 Å². The van der Waals surface area contributed by atoms with Crippen molar-refractivity contribution in [2.75, 3.05) is 18.1 Å². The molecule has 1 fully saturated rings. The predicted octanol–water partition coefficient (Wildman–Crippen LogP) is 3.63. The van der Waals surface area contributed by atoms with Crippen molar-refractivity contribution in [1.82, 2.24) is 10.3 Å². The number of rotatable bonds is 6. The van der Waals surface area contributed by atoms with Crippen LogP contribution in [0.25, 0.3) is 10.6 Å². The van der Waals surface area contributed by atoms with Crippen molar-refractivity contribution < 1.29 is 14.3 Å². The molecule has 0 saturated carbocycles. The number of amides is 2. The Morgan fingerprint density at radius 2 is 2.04 bits per heavy atom. The van der Waals surface area contributed by atoms with Gasteiger partial charge in [0.25, 0.3) is 0 Å². The Kier molecular flexibility index (Phi) is 5.34. The van der Waals surface area contributed by atoms with Crippen molar-refractivity contribution in [3.05, 3.63) is 71.2 Å². The second-order valence-electron chi connectivity index (χ2n) is 6.40. The fraction of sp³-hybridized carbons (Fsp3) is 0.190. The first-order valence-electron chi connectivity index (χ1n) is 8.99. The van der Waals surface area contributed by atoms with Crippen LogP contribution in [0.15, 0.2) is 60.0 Å². The van der Waals surface area contributed by atoms with Crippen LogP contribution >= 0.6 is 11.3 Å². The third-order valence-electron chi connectivity index (χ3n) is 4.39. The molecule has 0 atom stereocenters. The Morgan fingerprint density at radius 3 is 2.82 bits per heavy atom. The molecule has 2 amide bonds. The molecule has 2 aromatic carbocycles. The Balaban J connectivity index is 1.34. The highest BCUT2D eigenvalue weighted by Crippen LogP contribution is 2.23. The van der Waals surface area contributed by atoms with Crippen molar-refractivity contribution in [2.24, 2.45) is 0 Å². The minimum atomic E-state index is -0.334. The van der Waals surface area contributed by atoms with Crippen molar-refractivity contribution >= 4 is 29.0 Å². The van der Waals surface area contributed by atoms with E-state index < -0.39 is 0 Å². The second-order valence-corrected chi connectivity index (χ2v) is 7.26. The summed E-state index contributed by atoms with van der Waals surface area (Å²) in [6, 6.07) is 17.5. The van der Waals surface area contributed by atoms with E-state index in [1.54, 1.807) is 4.90 Å². The minimum absolute atomic E-state index is 0.0871. The monoisotopic (exact) mass is 393 g/mol. The molecule has 1 saturated heterocycles. The van der Waals surface area contributed by atoms with Crippen LogP contribution in [0.1, 0.15) is 11.3 Å². The molecule has 0 aliphatic carbocycles. The van der Waals surface area contributed by atoms with E-state index in [1.165, 1.54) is 11.3 Å². The zero-order valence-electron chi connectivity index (χ0n) is 15.1. The number of anilines is 1. The van der Waals surface area contributed by atoms with E-state index in [9.17, 15) is 9.59 Å². The van der Waals surface area contributed by atoms with Crippen LogP contribution < -0.4 is 10.2 Å². The van der Waals surface area contributed by atoms with Gasteiger partial charge in [0.1, 0.15) is 11.6 Å². The van der Waals surface area contributed by atoms with E-state index in [1.807, 2.05) is 60.0 Å². The largest absolute Gasteiger partial charge is 0.447 e. The van der Waals surface area contributed by atoms with Crippen LogP contribution in [-0.4, -0.2) is 30.1 Å². The van der Waals surface area contributed by atoms with E-state index in [0.29, 0.717) is 19.7 Å². The molecule has 1 aromatic heterocycles. The average Bonchev–Trinajstić information content (AvgIpc) is 3.36. The molecule has 28 heavy (non-hydrogen) atoms. The van der Waals surface area contributed by atoms with Crippen molar-refractivity contribution in [1.29, 1.82) is 0 Å². The quantitative estimate of drug-likeness (QED) is 0.694. The molecule has 142 valence electrons. The first-order chi connectivity index (χ1) is 13.7. The van der Waals surface area contributed by atoms with E-state index in [0.717, 1.165) is 27.5 Å². The van der Waals surface area contributed by atoms with Gasteiger partial charge >= 0.3 is 6.09 Å². The highest BCUT2D eigenvalue weighted by molar-refractivity contribution is 7.13. The first-order valence-corrected chi connectivity index (χ1v) is 9.87. The number of hydrogen-bond donors (Lipinski definition) is 1. The molecule has 3 aromatic rings. The highest BCUT2D eigenvalue weighted by atomic mass is 32.1. The van der Waals surface area contributed by atoms with Gasteiger partial charge in [0.05, 0.1) is 18.7 Å². The summed E-state index contributed by atoms with van der Waals surface area (Å²) >= 11 is 1.53. The molecule has 0 radical (unpaired) electrons. The van der Waals surface area contributed by atoms with Gasteiger partial charge in [-0.2, -0.15) is 0 Å². The molecule has 1 N–H and O–H groups in total. The number of cyclic esters (lactones) is 1. The SMILES string of the molecule is O=C(Cc1csc(-c2ccccc2)n1)NCc1cccc(N2CCOC2=O)c1. The Morgan fingerprint density at radius 1 is 1.18 bits per heavy atom. The lowest BCUT2D eigenvalue weighted by atomic mass is 10.2. The molecule has 1 aliphatic rings. The number of nitrogens with zero attached hydrogens (tertiary/aromatic N) is 2. The summed E-state index contributed by atoms with van der Waals surface area (Å²) in [6.45, 7) is 1.34. The van der Waals surface area contributed by atoms with Crippen molar-refractivity contribution in [2.45, 2.75) is 13.0 Å². The van der Waals surface area contributed by atoms with Crippen LogP contribution in [0.4, 0.5) is 10.5 Å². The fourth-order valence-corrected chi connectivity index (χ4v) is 3.82. The topological polar surface area (TPSA) is 71.5 Å². The molecule has 6 nitrogen and oxygen atoms in total. The molecular formula is C21H19N3O3S. The van der Waals surface area contributed by atoms with Crippen LogP contribution in [0.5, 0.6) is 0 Å². The maximum absolute atomic E-state index is 12.3. The third-order valence-corrected chi connectivity index (χ3v) is 5.33. The van der Waals surface area contributed by atoms with Gasteiger partial charge in [0, 0.05) is 23.2 Å². The maximum atomic E-state index is 12.3. The summed E-state index contributed by atoms with van der Waals surface area (Å²) < 4.78 is 4.97. The summed E-state index contributed by atoms with van der Waals surface area (Å²) in [7, 11) is 0. The fourth-order valence-electron chi connectivity index (χ4n) is 2.99. The summed E-state index contributed by atoms with van der Waals surface area (Å²) in [5, 5.41) is 5.75. The number of hydrogen-bond acceptors (Lipinski definition) is 5. The Hall–Kier alpha value is -3.19. The lowest BCUT2D eigenvalue weighted by molar-refractivity contribution is -0.120. The lowest BCUT2D eigenvalue weighted by Gasteiger charge is -2.14. The standard InChI is InChI=1S/C21H19N3O3S/c25-19(12-17-14-28-20(23-17)16-6-2-1-3-7-16)22-13-15-5-4-8-18(11-15)24-9-10-27-21(24)26/h1-8,11,14H,9-10,12-13H2,(H,22,25). The summed E-state index contributed by atoms with van der Waals surface area (Å²) in [4.78, 5) is 30.1.